The Morgan fingerprint density at radius 3 is 2.30 bits per heavy atom. The van der Waals surface area contributed by atoms with Crippen LogP contribution in [0.15, 0.2) is 18.2 Å². The molecule has 2 unspecified atom stereocenters. The van der Waals surface area contributed by atoms with Crippen molar-refractivity contribution < 1.29 is 14.6 Å². The van der Waals surface area contributed by atoms with E-state index in [1.54, 1.807) is 14.2 Å². The molecular weight excluding hydrogens is 254 g/mol. The summed E-state index contributed by atoms with van der Waals surface area (Å²) < 4.78 is 10.5. The van der Waals surface area contributed by atoms with Gasteiger partial charge in [-0.2, -0.15) is 0 Å². The first-order valence-corrected chi connectivity index (χ1v) is 7.11. The minimum Gasteiger partial charge on any atom is -0.493 e. The monoisotopic (exact) mass is 281 g/mol. The third-order valence-corrected chi connectivity index (χ3v) is 3.31. The molecule has 0 aliphatic rings. The van der Waals surface area contributed by atoms with Crippen molar-refractivity contribution in [1.82, 2.24) is 5.32 Å². The van der Waals surface area contributed by atoms with Crippen LogP contribution in [0.25, 0.3) is 0 Å². The van der Waals surface area contributed by atoms with Crippen LogP contribution in [-0.2, 0) is 0 Å². The fourth-order valence-electron chi connectivity index (χ4n) is 2.18. The predicted octanol–water partition coefficient (Wildman–Crippen LogP) is 2.76. The molecular formula is C16H27NO3. The molecule has 0 spiro atoms. The maximum absolute atomic E-state index is 9.89. The number of ether oxygens (including phenoxy) is 2. The maximum Gasteiger partial charge on any atom is 0.161 e. The summed E-state index contributed by atoms with van der Waals surface area (Å²) in [7, 11) is 3.26. The van der Waals surface area contributed by atoms with Crippen LogP contribution in [0.5, 0.6) is 11.5 Å². The van der Waals surface area contributed by atoms with E-state index >= 15 is 0 Å². The summed E-state index contributed by atoms with van der Waals surface area (Å²) in [6, 6.07) is 6.02. The number of methoxy groups -OCH3 is 2. The minimum absolute atomic E-state index is 0.150. The first-order valence-electron chi connectivity index (χ1n) is 7.11. The van der Waals surface area contributed by atoms with E-state index in [0.717, 1.165) is 23.5 Å². The fourth-order valence-corrected chi connectivity index (χ4v) is 2.18. The molecule has 0 fully saturated rings. The smallest absolute Gasteiger partial charge is 0.161 e. The SMILES string of the molecule is COc1ccc(C(C)NCC(O)CC(C)C)cc1OC. The summed E-state index contributed by atoms with van der Waals surface area (Å²) in [5.41, 5.74) is 1.11. The second-order valence-corrected chi connectivity index (χ2v) is 5.53. The van der Waals surface area contributed by atoms with Crippen molar-refractivity contribution in [1.29, 1.82) is 0 Å². The average molecular weight is 281 g/mol. The lowest BCUT2D eigenvalue weighted by molar-refractivity contribution is 0.143. The molecule has 0 saturated heterocycles. The number of aliphatic hydroxyl groups excluding tert-OH is 1. The Morgan fingerprint density at radius 2 is 1.75 bits per heavy atom. The molecule has 20 heavy (non-hydrogen) atoms. The van der Waals surface area contributed by atoms with E-state index in [0.29, 0.717) is 12.5 Å². The van der Waals surface area contributed by atoms with Gasteiger partial charge in [-0.3, -0.25) is 0 Å². The summed E-state index contributed by atoms with van der Waals surface area (Å²) >= 11 is 0. The van der Waals surface area contributed by atoms with Gasteiger partial charge in [-0.05, 0) is 37.0 Å². The molecule has 1 aromatic carbocycles. The summed E-state index contributed by atoms with van der Waals surface area (Å²) in [4.78, 5) is 0. The van der Waals surface area contributed by atoms with Crippen LogP contribution in [0, 0.1) is 5.92 Å². The predicted molar refractivity (Wildman–Crippen MR) is 81.4 cm³/mol. The number of hydrogen-bond acceptors (Lipinski definition) is 4. The van der Waals surface area contributed by atoms with Crippen LogP contribution in [-0.4, -0.2) is 32.0 Å². The lowest BCUT2D eigenvalue weighted by Gasteiger charge is -2.19. The third kappa shape index (κ3) is 5.02. The first kappa shape index (κ1) is 16.8. The van der Waals surface area contributed by atoms with Crippen molar-refractivity contribution in [3.05, 3.63) is 23.8 Å². The highest BCUT2D eigenvalue weighted by Gasteiger charge is 2.12. The van der Waals surface area contributed by atoms with Crippen LogP contribution < -0.4 is 14.8 Å². The van der Waals surface area contributed by atoms with Crippen molar-refractivity contribution >= 4 is 0 Å². The van der Waals surface area contributed by atoms with E-state index in [1.165, 1.54) is 0 Å². The molecule has 2 N–H and O–H groups in total. The van der Waals surface area contributed by atoms with Gasteiger partial charge >= 0.3 is 0 Å². The Morgan fingerprint density at radius 1 is 1.10 bits per heavy atom. The maximum atomic E-state index is 9.89. The second kappa shape index (κ2) is 8.12. The van der Waals surface area contributed by atoms with Crippen LogP contribution in [0.1, 0.15) is 38.8 Å². The molecule has 0 aliphatic carbocycles. The van der Waals surface area contributed by atoms with E-state index in [9.17, 15) is 5.11 Å². The Hall–Kier alpha value is -1.26. The lowest BCUT2D eigenvalue weighted by Crippen LogP contribution is -2.30. The summed E-state index contributed by atoms with van der Waals surface area (Å²) in [6.07, 6.45) is 0.503. The lowest BCUT2D eigenvalue weighted by atomic mass is 10.0. The molecule has 1 rings (SSSR count). The Labute approximate surface area is 122 Å². The second-order valence-electron chi connectivity index (χ2n) is 5.53. The van der Waals surface area contributed by atoms with Gasteiger partial charge in [-0.15, -0.1) is 0 Å². The highest BCUT2D eigenvalue weighted by molar-refractivity contribution is 5.43. The standard InChI is InChI=1S/C16H27NO3/c1-11(2)8-14(18)10-17-12(3)13-6-7-15(19-4)16(9-13)20-5/h6-7,9,11-12,14,17-18H,8,10H2,1-5H3. The molecule has 0 saturated carbocycles. The summed E-state index contributed by atoms with van der Waals surface area (Å²) in [5.74, 6) is 1.95. The van der Waals surface area contributed by atoms with E-state index < -0.39 is 0 Å². The van der Waals surface area contributed by atoms with Gasteiger partial charge in [0.1, 0.15) is 0 Å². The third-order valence-electron chi connectivity index (χ3n) is 3.31. The average Bonchev–Trinajstić information content (AvgIpc) is 2.43. The summed E-state index contributed by atoms with van der Waals surface area (Å²) in [5, 5.41) is 13.2. The Balaban J connectivity index is 2.61. The minimum atomic E-state index is -0.308. The van der Waals surface area contributed by atoms with E-state index in [-0.39, 0.29) is 12.1 Å². The van der Waals surface area contributed by atoms with Gasteiger partial charge in [0, 0.05) is 12.6 Å². The molecule has 0 aromatic heterocycles. The van der Waals surface area contributed by atoms with Crippen LogP contribution >= 0.6 is 0 Å². The fraction of sp³-hybridized carbons (Fsp3) is 0.625. The van der Waals surface area contributed by atoms with Gasteiger partial charge in [0.25, 0.3) is 0 Å². The number of nitrogens with one attached hydrogen (secondary N) is 1. The van der Waals surface area contributed by atoms with Crippen molar-refractivity contribution in [3.8, 4) is 11.5 Å². The van der Waals surface area contributed by atoms with Crippen LogP contribution in [0.3, 0.4) is 0 Å². The Bertz CT molecular complexity index is 407. The molecule has 0 radical (unpaired) electrons. The number of rotatable bonds is 8. The molecule has 2 atom stereocenters. The normalized spacial score (nSPS) is 14.2. The van der Waals surface area contributed by atoms with E-state index in [4.69, 9.17) is 9.47 Å². The van der Waals surface area contributed by atoms with Crippen LogP contribution in [0.2, 0.25) is 0 Å². The molecule has 0 heterocycles. The van der Waals surface area contributed by atoms with Gasteiger partial charge in [0.15, 0.2) is 11.5 Å². The van der Waals surface area contributed by atoms with Crippen molar-refractivity contribution in [2.24, 2.45) is 5.92 Å². The molecule has 4 nitrogen and oxygen atoms in total. The molecule has 1 aromatic rings. The Kier molecular flexibility index (Phi) is 6.82. The number of hydrogen-bond donors (Lipinski definition) is 2. The molecule has 4 heteroatoms. The molecule has 0 aliphatic heterocycles. The van der Waals surface area contributed by atoms with E-state index in [2.05, 4.69) is 26.1 Å². The number of aliphatic hydroxyl groups is 1. The highest BCUT2D eigenvalue weighted by atomic mass is 16.5. The van der Waals surface area contributed by atoms with Crippen molar-refractivity contribution in [2.75, 3.05) is 20.8 Å². The zero-order chi connectivity index (χ0) is 15.1. The van der Waals surface area contributed by atoms with Gasteiger partial charge in [-0.25, -0.2) is 0 Å². The van der Waals surface area contributed by atoms with Crippen molar-refractivity contribution in [2.45, 2.75) is 39.3 Å². The van der Waals surface area contributed by atoms with Gasteiger partial charge in [-0.1, -0.05) is 19.9 Å². The van der Waals surface area contributed by atoms with Gasteiger partial charge in [0.2, 0.25) is 0 Å². The largest absolute Gasteiger partial charge is 0.493 e. The van der Waals surface area contributed by atoms with Crippen LogP contribution in [0.4, 0.5) is 0 Å². The highest BCUT2D eigenvalue weighted by Crippen LogP contribution is 2.29. The van der Waals surface area contributed by atoms with Gasteiger partial charge < -0.3 is 19.9 Å². The topological polar surface area (TPSA) is 50.7 Å². The molecule has 0 amide bonds. The zero-order valence-corrected chi connectivity index (χ0v) is 13.1. The summed E-state index contributed by atoms with van der Waals surface area (Å²) in [6.45, 7) is 6.89. The molecule has 114 valence electrons. The van der Waals surface area contributed by atoms with E-state index in [1.807, 2.05) is 18.2 Å². The number of benzene rings is 1. The van der Waals surface area contributed by atoms with Gasteiger partial charge in [0.05, 0.1) is 20.3 Å². The van der Waals surface area contributed by atoms with Crippen molar-refractivity contribution in [3.63, 3.8) is 0 Å². The first-order chi connectivity index (χ1) is 9.47. The molecule has 0 bridgehead atoms. The zero-order valence-electron chi connectivity index (χ0n) is 13.1. The quantitative estimate of drug-likeness (QED) is 0.769.